The van der Waals surface area contributed by atoms with Gasteiger partial charge in [0.1, 0.15) is 5.60 Å². The summed E-state index contributed by atoms with van der Waals surface area (Å²) in [5.74, 6) is 0. The van der Waals surface area contributed by atoms with E-state index in [0.717, 1.165) is 18.5 Å². The number of nitrogens with one attached hydrogen (secondary N) is 1. The van der Waals surface area contributed by atoms with Crippen LogP contribution in [0.4, 0.5) is 15.3 Å². The summed E-state index contributed by atoms with van der Waals surface area (Å²) in [6.07, 6.45) is 2.06. The van der Waals surface area contributed by atoms with Crippen LogP contribution in [0.5, 0.6) is 0 Å². The number of urea groups is 1. The number of hydrogen-bond donors (Lipinski definition) is 1. The Labute approximate surface area is 130 Å². The predicted molar refractivity (Wildman–Crippen MR) is 82.7 cm³/mol. The van der Waals surface area contributed by atoms with Crippen LogP contribution in [0.2, 0.25) is 0 Å². The molecule has 0 aromatic heterocycles. The van der Waals surface area contributed by atoms with Gasteiger partial charge in [0.25, 0.3) is 0 Å². The molecule has 118 valence electrons. The van der Waals surface area contributed by atoms with Gasteiger partial charge < -0.3 is 19.9 Å². The molecule has 0 unspecified atom stereocenters. The number of amides is 3. The van der Waals surface area contributed by atoms with E-state index in [2.05, 4.69) is 5.32 Å². The number of likely N-dealkylation sites (tertiary alicyclic amines) is 1. The largest absolute Gasteiger partial charge is 0.441 e. The maximum absolute atomic E-state index is 12.3. The lowest BCUT2D eigenvalue weighted by Gasteiger charge is -2.25. The van der Waals surface area contributed by atoms with Crippen LogP contribution < -0.4 is 5.32 Å². The van der Waals surface area contributed by atoms with Crippen molar-refractivity contribution in [3.8, 4) is 0 Å². The van der Waals surface area contributed by atoms with Gasteiger partial charge in [-0.1, -0.05) is 18.2 Å². The molecule has 2 saturated heterocycles. The van der Waals surface area contributed by atoms with E-state index in [4.69, 9.17) is 4.74 Å². The summed E-state index contributed by atoms with van der Waals surface area (Å²) in [5, 5.41) is 2.90. The highest BCUT2D eigenvalue weighted by atomic mass is 16.6. The molecule has 3 rings (SSSR count). The molecule has 1 N–H and O–H groups in total. The summed E-state index contributed by atoms with van der Waals surface area (Å²) < 4.78 is 5.56. The third-order valence-electron chi connectivity index (χ3n) is 4.35. The van der Waals surface area contributed by atoms with E-state index in [1.165, 1.54) is 0 Å². The van der Waals surface area contributed by atoms with Gasteiger partial charge in [0.2, 0.25) is 0 Å². The Morgan fingerprint density at radius 1 is 1.23 bits per heavy atom. The SMILES string of the molecule is CN1C[C@@]2(CCCN(C(=O)Nc3ccccc3)CC2)OC1=O. The lowest BCUT2D eigenvalue weighted by atomic mass is 9.95. The average molecular weight is 303 g/mol. The second-order valence-corrected chi connectivity index (χ2v) is 6.04. The summed E-state index contributed by atoms with van der Waals surface area (Å²) in [6.45, 7) is 1.89. The predicted octanol–water partition coefficient (Wildman–Crippen LogP) is 2.53. The van der Waals surface area contributed by atoms with Gasteiger partial charge >= 0.3 is 12.1 Å². The summed E-state index contributed by atoms with van der Waals surface area (Å²) in [5.41, 5.74) is 0.367. The number of carbonyl (C=O) groups is 2. The van der Waals surface area contributed by atoms with Gasteiger partial charge in [-0.15, -0.1) is 0 Å². The monoisotopic (exact) mass is 303 g/mol. The standard InChI is InChI=1S/C16H21N3O3/c1-18-12-16(22-15(18)21)8-5-10-19(11-9-16)14(20)17-13-6-3-2-4-7-13/h2-4,6-7H,5,8-12H2,1H3,(H,17,20)/t16-/m0/s1. The maximum atomic E-state index is 12.3. The lowest BCUT2D eigenvalue weighted by molar-refractivity contribution is 0.0454. The number of likely N-dealkylation sites (N-methyl/N-ethyl adjacent to an activating group) is 1. The normalized spacial score (nSPS) is 25.0. The van der Waals surface area contributed by atoms with Crippen molar-refractivity contribution in [2.24, 2.45) is 0 Å². The van der Waals surface area contributed by atoms with Crippen molar-refractivity contribution < 1.29 is 14.3 Å². The summed E-state index contributed by atoms with van der Waals surface area (Å²) in [6, 6.07) is 9.33. The molecule has 3 amide bonds. The fraction of sp³-hybridized carbons (Fsp3) is 0.500. The molecular formula is C16H21N3O3. The first-order chi connectivity index (χ1) is 10.6. The minimum Gasteiger partial charge on any atom is -0.441 e. The molecule has 6 heteroatoms. The van der Waals surface area contributed by atoms with Crippen LogP contribution in [0, 0.1) is 0 Å². The number of carbonyl (C=O) groups excluding carboxylic acids is 2. The molecule has 0 radical (unpaired) electrons. The van der Waals surface area contributed by atoms with Crippen LogP contribution in [0.25, 0.3) is 0 Å². The Kier molecular flexibility index (Phi) is 3.92. The highest BCUT2D eigenvalue weighted by Crippen LogP contribution is 2.32. The number of hydrogen-bond acceptors (Lipinski definition) is 3. The first kappa shape index (κ1) is 14.7. The van der Waals surface area contributed by atoms with Crippen molar-refractivity contribution >= 4 is 17.8 Å². The number of nitrogens with zero attached hydrogens (tertiary/aromatic N) is 2. The van der Waals surface area contributed by atoms with E-state index in [9.17, 15) is 9.59 Å². The zero-order chi connectivity index (χ0) is 15.6. The van der Waals surface area contributed by atoms with Gasteiger partial charge in [-0.3, -0.25) is 0 Å². The highest BCUT2D eigenvalue weighted by Gasteiger charge is 2.44. The highest BCUT2D eigenvalue weighted by molar-refractivity contribution is 5.89. The Balaban J connectivity index is 1.61. The molecule has 22 heavy (non-hydrogen) atoms. The molecular weight excluding hydrogens is 282 g/mol. The third kappa shape index (κ3) is 3.00. The van der Waals surface area contributed by atoms with Crippen molar-refractivity contribution in [2.45, 2.75) is 24.9 Å². The van der Waals surface area contributed by atoms with Crippen molar-refractivity contribution in [3.05, 3.63) is 30.3 Å². The summed E-state index contributed by atoms with van der Waals surface area (Å²) in [7, 11) is 1.75. The summed E-state index contributed by atoms with van der Waals surface area (Å²) in [4.78, 5) is 27.4. The molecule has 2 fully saturated rings. The molecule has 1 atom stereocenters. The second-order valence-electron chi connectivity index (χ2n) is 6.04. The van der Waals surface area contributed by atoms with Crippen LogP contribution >= 0.6 is 0 Å². The Hall–Kier alpha value is -2.24. The van der Waals surface area contributed by atoms with Crippen molar-refractivity contribution in [1.29, 1.82) is 0 Å². The molecule has 0 aliphatic carbocycles. The minimum atomic E-state index is -0.423. The third-order valence-corrected chi connectivity index (χ3v) is 4.35. The lowest BCUT2D eigenvalue weighted by Crippen LogP contribution is -2.38. The van der Waals surface area contributed by atoms with E-state index in [-0.39, 0.29) is 12.1 Å². The van der Waals surface area contributed by atoms with Gasteiger partial charge in [0.15, 0.2) is 0 Å². The fourth-order valence-electron chi connectivity index (χ4n) is 3.15. The molecule has 1 spiro atoms. The van der Waals surface area contributed by atoms with E-state index >= 15 is 0 Å². The first-order valence-corrected chi connectivity index (χ1v) is 7.63. The zero-order valence-corrected chi connectivity index (χ0v) is 12.7. The quantitative estimate of drug-likeness (QED) is 0.867. The molecule has 1 aromatic carbocycles. The number of benzene rings is 1. The van der Waals surface area contributed by atoms with Gasteiger partial charge in [0, 0.05) is 32.2 Å². The van der Waals surface area contributed by atoms with E-state index in [1.54, 1.807) is 16.8 Å². The molecule has 0 saturated carbocycles. The Bertz CT molecular complexity index is 563. The molecule has 1 aromatic rings. The molecule has 6 nitrogen and oxygen atoms in total. The fourth-order valence-corrected chi connectivity index (χ4v) is 3.15. The molecule has 2 aliphatic rings. The number of para-hydroxylation sites is 1. The maximum Gasteiger partial charge on any atom is 0.410 e. The van der Waals surface area contributed by atoms with E-state index in [0.29, 0.717) is 26.1 Å². The van der Waals surface area contributed by atoms with Gasteiger partial charge in [-0.25, -0.2) is 9.59 Å². The van der Waals surface area contributed by atoms with Crippen LogP contribution in [0.15, 0.2) is 30.3 Å². The Morgan fingerprint density at radius 3 is 2.68 bits per heavy atom. The smallest absolute Gasteiger partial charge is 0.410 e. The van der Waals surface area contributed by atoms with Crippen LogP contribution in [0.1, 0.15) is 19.3 Å². The average Bonchev–Trinajstić information content (AvgIpc) is 2.67. The van der Waals surface area contributed by atoms with Crippen LogP contribution in [-0.2, 0) is 4.74 Å². The molecule has 2 heterocycles. The molecule has 2 aliphatic heterocycles. The first-order valence-electron chi connectivity index (χ1n) is 7.63. The number of rotatable bonds is 1. The molecule has 0 bridgehead atoms. The van der Waals surface area contributed by atoms with Crippen molar-refractivity contribution in [1.82, 2.24) is 9.80 Å². The van der Waals surface area contributed by atoms with Crippen LogP contribution in [-0.4, -0.2) is 54.2 Å². The number of ether oxygens (including phenoxy) is 1. The Morgan fingerprint density at radius 2 is 2.00 bits per heavy atom. The summed E-state index contributed by atoms with van der Waals surface area (Å²) >= 11 is 0. The zero-order valence-electron chi connectivity index (χ0n) is 12.7. The topological polar surface area (TPSA) is 61.9 Å². The second kappa shape index (κ2) is 5.87. The van der Waals surface area contributed by atoms with Crippen LogP contribution in [0.3, 0.4) is 0 Å². The van der Waals surface area contributed by atoms with E-state index in [1.807, 2.05) is 30.3 Å². The number of anilines is 1. The van der Waals surface area contributed by atoms with Gasteiger partial charge in [-0.2, -0.15) is 0 Å². The van der Waals surface area contributed by atoms with Gasteiger partial charge in [-0.05, 0) is 25.0 Å². The van der Waals surface area contributed by atoms with E-state index < -0.39 is 5.60 Å². The van der Waals surface area contributed by atoms with Gasteiger partial charge in [0.05, 0.1) is 6.54 Å². The minimum absolute atomic E-state index is 0.0964. The van der Waals surface area contributed by atoms with Crippen molar-refractivity contribution in [3.63, 3.8) is 0 Å². The van der Waals surface area contributed by atoms with Crippen molar-refractivity contribution in [2.75, 3.05) is 32.0 Å².